The molecule has 2 saturated heterocycles. The molecule has 0 aromatic rings. The van der Waals surface area contributed by atoms with Crippen LogP contribution in [0.3, 0.4) is 0 Å². The number of morpholine rings is 1. The summed E-state index contributed by atoms with van der Waals surface area (Å²) in [6.45, 7) is 8.29. The average Bonchev–Trinajstić information content (AvgIpc) is 2.61. The van der Waals surface area contributed by atoms with Gasteiger partial charge in [-0.15, -0.1) is 0 Å². The van der Waals surface area contributed by atoms with E-state index >= 15 is 0 Å². The minimum atomic E-state index is 0.574. The molecule has 1 aliphatic carbocycles. The Morgan fingerprint density at radius 2 is 2.20 bits per heavy atom. The molecule has 2 nitrogen and oxygen atoms in total. The second-order valence-corrected chi connectivity index (χ2v) is 6.37. The molecule has 0 aromatic carbocycles. The van der Waals surface area contributed by atoms with Gasteiger partial charge in [-0.1, -0.05) is 13.8 Å². The van der Waals surface area contributed by atoms with Gasteiger partial charge in [0.05, 0.1) is 12.7 Å². The summed E-state index contributed by atoms with van der Waals surface area (Å²) in [6, 6.07) is 0.764. The Balaban J connectivity index is 1.57. The second kappa shape index (κ2) is 3.46. The summed E-state index contributed by atoms with van der Waals surface area (Å²) < 4.78 is 5.66. The van der Waals surface area contributed by atoms with E-state index in [1.165, 1.54) is 38.8 Å². The third-order valence-electron chi connectivity index (χ3n) is 4.35. The molecule has 2 atom stereocenters. The third kappa shape index (κ3) is 1.94. The third-order valence-corrected chi connectivity index (χ3v) is 4.35. The maximum Gasteiger partial charge on any atom is 0.0718 e. The summed E-state index contributed by atoms with van der Waals surface area (Å²) in [6.07, 6.45) is 6.25. The molecule has 0 N–H and O–H groups in total. The highest BCUT2D eigenvalue weighted by molar-refractivity contribution is 5.00. The number of ether oxygens (including phenoxy) is 1. The molecule has 0 unspecified atom stereocenters. The standard InChI is InChI=1S/C13H23NO/c1-10(2)6-13(3-4-13)9-14-7-12-5-11(14)8-15-12/h10-12H,3-9H2,1-2H3/t11-,12-/m1/s1. The van der Waals surface area contributed by atoms with Crippen molar-refractivity contribution in [1.29, 1.82) is 0 Å². The fourth-order valence-electron chi connectivity index (χ4n) is 3.57. The molecule has 2 heterocycles. The summed E-state index contributed by atoms with van der Waals surface area (Å²) in [4.78, 5) is 2.71. The lowest BCUT2D eigenvalue weighted by atomic mass is 9.93. The van der Waals surface area contributed by atoms with Gasteiger partial charge in [0.25, 0.3) is 0 Å². The van der Waals surface area contributed by atoms with Crippen LogP contribution in [0.5, 0.6) is 0 Å². The Hall–Kier alpha value is -0.0800. The SMILES string of the molecule is CC(C)CC1(CN2C[C@H]3C[C@@H]2CO3)CC1. The minimum Gasteiger partial charge on any atom is -0.375 e. The minimum absolute atomic E-state index is 0.574. The highest BCUT2D eigenvalue weighted by Gasteiger charge is 2.48. The van der Waals surface area contributed by atoms with Crippen LogP contribution in [0.2, 0.25) is 0 Å². The molecule has 3 fully saturated rings. The Kier molecular flexibility index (Phi) is 2.33. The second-order valence-electron chi connectivity index (χ2n) is 6.37. The summed E-state index contributed by atoms with van der Waals surface area (Å²) in [5.74, 6) is 0.864. The number of hydrogen-bond acceptors (Lipinski definition) is 2. The van der Waals surface area contributed by atoms with E-state index in [1.807, 2.05) is 0 Å². The van der Waals surface area contributed by atoms with Gasteiger partial charge in [-0.25, -0.2) is 0 Å². The van der Waals surface area contributed by atoms with E-state index < -0.39 is 0 Å². The van der Waals surface area contributed by atoms with Crippen LogP contribution >= 0.6 is 0 Å². The summed E-state index contributed by atoms with van der Waals surface area (Å²) in [5.41, 5.74) is 0.707. The van der Waals surface area contributed by atoms with Crippen LogP contribution in [-0.2, 0) is 4.74 Å². The van der Waals surface area contributed by atoms with E-state index in [2.05, 4.69) is 18.7 Å². The van der Waals surface area contributed by atoms with Crippen molar-refractivity contribution in [2.24, 2.45) is 11.3 Å². The summed E-state index contributed by atoms with van der Waals surface area (Å²) >= 11 is 0. The number of likely N-dealkylation sites (tertiary alicyclic amines) is 1. The van der Waals surface area contributed by atoms with Crippen LogP contribution in [0, 0.1) is 11.3 Å². The van der Waals surface area contributed by atoms with E-state index in [0.717, 1.165) is 18.6 Å². The number of rotatable bonds is 4. The zero-order valence-electron chi connectivity index (χ0n) is 10.0. The lowest BCUT2D eigenvalue weighted by Crippen LogP contribution is -2.40. The van der Waals surface area contributed by atoms with Crippen LogP contribution < -0.4 is 0 Å². The van der Waals surface area contributed by atoms with Crippen LogP contribution in [0.1, 0.15) is 39.5 Å². The predicted molar refractivity (Wildman–Crippen MR) is 60.8 cm³/mol. The lowest BCUT2D eigenvalue weighted by molar-refractivity contribution is 0.0206. The van der Waals surface area contributed by atoms with Crippen LogP contribution in [0.4, 0.5) is 0 Å². The molecule has 15 heavy (non-hydrogen) atoms. The van der Waals surface area contributed by atoms with Crippen LogP contribution in [0.15, 0.2) is 0 Å². The summed E-state index contributed by atoms with van der Waals surface area (Å²) in [5, 5.41) is 0. The molecule has 3 aliphatic rings. The zero-order valence-corrected chi connectivity index (χ0v) is 10.0. The molecule has 2 bridgehead atoms. The van der Waals surface area contributed by atoms with Gasteiger partial charge in [-0.2, -0.15) is 0 Å². The normalized spacial score (nSPS) is 37.8. The van der Waals surface area contributed by atoms with Crippen LogP contribution in [-0.4, -0.2) is 36.7 Å². The van der Waals surface area contributed by atoms with Gasteiger partial charge in [0.1, 0.15) is 0 Å². The topological polar surface area (TPSA) is 12.5 Å². The van der Waals surface area contributed by atoms with Crippen molar-refractivity contribution in [3.8, 4) is 0 Å². The van der Waals surface area contributed by atoms with Crippen LogP contribution in [0.25, 0.3) is 0 Å². The first kappa shape index (κ1) is 10.1. The van der Waals surface area contributed by atoms with E-state index in [-0.39, 0.29) is 0 Å². The summed E-state index contributed by atoms with van der Waals surface area (Å²) in [7, 11) is 0. The first-order valence-electron chi connectivity index (χ1n) is 6.53. The van der Waals surface area contributed by atoms with Crippen molar-refractivity contribution >= 4 is 0 Å². The molecule has 2 heteroatoms. The molecule has 0 aromatic heterocycles. The van der Waals surface area contributed by atoms with Gasteiger partial charge in [0.15, 0.2) is 0 Å². The van der Waals surface area contributed by atoms with Gasteiger partial charge >= 0.3 is 0 Å². The van der Waals surface area contributed by atoms with Gasteiger partial charge in [-0.3, -0.25) is 4.90 Å². The van der Waals surface area contributed by atoms with E-state index in [4.69, 9.17) is 4.74 Å². The van der Waals surface area contributed by atoms with Gasteiger partial charge < -0.3 is 4.74 Å². The maximum atomic E-state index is 5.66. The quantitative estimate of drug-likeness (QED) is 0.704. The molecule has 0 amide bonds. The number of hydrogen-bond donors (Lipinski definition) is 0. The van der Waals surface area contributed by atoms with Crippen molar-refractivity contribution in [3.05, 3.63) is 0 Å². The highest BCUT2D eigenvalue weighted by Crippen LogP contribution is 2.52. The maximum absolute atomic E-state index is 5.66. The molecule has 3 rings (SSSR count). The van der Waals surface area contributed by atoms with Gasteiger partial charge in [0, 0.05) is 19.1 Å². The first-order valence-corrected chi connectivity index (χ1v) is 6.53. The van der Waals surface area contributed by atoms with Gasteiger partial charge in [0.2, 0.25) is 0 Å². The Morgan fingerprint density at radius 1 is 1.40 bits per heavy atom. The molecule has 2 aliphatic heterocycles. The van der Waals surface area contributed by atoms with Crippen molar-refractivity contribution in [2.75, 3.05) is 19.7 Å². The van der Waals surface area contributed by atoms with E-state index in [0.29, 0.717) is 11.5 Å². The van der Waals surface area contributed by atoms with Crippen molar-refractivity contribution in [1.82, 2.24) is 4.90 Å². The van der Waals surface area contributed by atoms with Gasteiger partial charge in [-0.05, 0) is 37.0 Å². The highest BCUT2D eigenvalue weighted by atomic mass is 16.5. The van der Waals surface area contributed by atoms with Crippen molar-refractivity contribution in [2.45, 2.75) is 51.7 Å². The smallest absolute Gasteiger partial charge is 0.0718 e. The van der Waals surface area contributed by atoms with E-state index in [9.17, 15) is 0 Å². The predicted octanol–water partition coefficient (Wildman–Crippen LogP) is 2.29. The van der Waals surface area contributed by atoms with E-state index in [1.54, 1.807) is 0 Å². The molecule has 0 radical (unpaired) electrons. The molecule has 86 valence electrons. The molecule has 1 saturated carbocycles. The Morgan fingerprint density at radius 3 is 2.67 bits per heavy atom. The molecule has 0 spiro atoms. The fraction of sp³-hybridized carbons (Fsp3) is 1.00. The Bertz CT molecular complexity index is 247. The van der Waals surface area contributed by atoms with Crippen molar-refractivity contribution < 1.29 is 4.74 Å². The monoisotopic (exact) mass is 209 g/mol. The average molecular weight is 209 g/mol. The Labute approximate surface area is 93.0 Å². The molecular weight excluding hydrogens is 186 g/mol. The zero-order chi connectivity index (χ0) is 10.5. The fourth-order valence-corrected chi connectivity index (χ4v) is 3.57. The van der Waals surface area contributed by atoms with Crippen molar-refractivity contribution in [3.63, 3.8) is 0 Å². The molecular formula is C13H23NO. The number of nitrogens with zero attached hydrogens (tertiary/aromatic N) is 1. The first-order chi connectivity index (χ1) is 7.17. The number of fused-ring (bicyclic) bond motifs is 2. The largest absolute Gasteiger partial charge is 0.375 e. The lowest BCUT2D eigenvalue weighted by Gasteiger charge is -2.31.